The van der Waals surface area contributed by atoms with Crippen LogP contribution in [-0.4, -0.2) is 41.9 Å². The molecule has 0 spiro atoms. The summed E-state index contributed by atoms with van der Waals surface area (Å²) >= 11 is 1.47. The maximum absolute atomic E-state index is 12.5. The van der Waals surface area contributed by atoms with E-state index in [-0.39, 0.29) is 16.3 Å². The second kappa shape index (κ2) is 6.43. The molecule has 0 aromatic carbocycles. The lowest BCUT2D eigenvalue weighted by atomic mass is 9.98. The molecule has 22 heavy (non-hydrogen) atoms. The maximum Gasteiger partial charge on any atom is 0.249 e. The molecule has 2 heterocycles. The Morgan fingerprint density at radius 2 is 2.09 bits per heavy atom. The third kappa shape index (κ3) is 3.90. The summed E-state index contributed by atoms with van der Waals surface area (Å²) in [6.07, 6.45) is 1.40. The number of sulfone groups is 1. The van der Waals surface area contributed by atoms with Crippen LogP contribution in [0, 0.1) is 0 Å². The maximum atomic E-state index is 12.5. The van der Waals surface area contributed by atoms with E-state index >= 15 is 0 Å². The molecule has 122 valence electrons. The summed E-state index contributed by atoms with van der Waals surface area (Å²) in [5.74, 6) is -0.175. The lowest BCUT2D eigenvalue weighted by Gasteiger charge is -2.13. The summed E-state index contributed by atoms with van der Waals surface area (Å²) in [6.45, 7) is 6.93. The number of methoxy groups -OCH3 is 1. The van der Waals surface area contributed by atoms with E-state index in [1.54, 1.807) is 12.5 Å². The molecule has 0 saturated heterocycles. The molecule has 0 radical (unpaired) electrons. The van der Waals surface area contributed by atoms with E-state index in [0.717, 1.165) is 5.01 Å². The van der Waals surface area contributed by atoms with Crippen LogP contribution >= 0.6 is 11.3 Å². The van der Waals surface area contributed by atoms with Crippen molar-refractivity contribution in [2.75, 3.05) is 13.7 Å². The number of nitrogens with zero attached hydrogens (tertiary/aromatic N) is 4. The number of rotatable bonds is 6. The van der Waals surface area contributed by atoms with Crippen LogP contribution in [-0.2, 0) is 32.3 Å². The third-order valence-corrected chi connectivity index (χ3v) is 5.79. The number of aromatic nitrogens is 4. The van der Waals surface area contributed by atoms with Gasteiger partial charge < -0.3 is 9.30 Å². The van der Waals surface area contributed by atoms with Gasteiger partial charge in [0.2, 0.25) is 15.0 Å². The van der Waals surface area contributed by atoms with Crippen molar-refractivity contribution in [1.82, 2.24) is 19.7 Å². The number of ether oxygens (including phenoxy) is 1. The van der Waals surface area contributed by atoms with Crippen molar-refractivity contribution >= 4 is 21.2 Å². The van der Waals surface area contributed by atoms with Crippen molar-refractivity contribution in [1.29, 1.82) is 0 Å². The fraction of sp³-hybridized carbons (Fsp3) is 0.615. The molecule has 0 aliphatic carbocycles. The summed E-state index contributed by atoms with van der Waals surface area (Å²) in [5.41, 5.74) is 0.446. The zero-order valence-corrected chi connectivity index (χ0v) is 14.7. The Morgan fingerprint density at radius 1 is 1.36 bits per heavy atom. The molecule has 2 aromatic rings. The molecule has 0 bridgehead atoms. The summed E-state index contributed by atoms with van der Waals surface area (Å²) < 4.78 is 31.5. The molecular formula is C13H20N4O3S2. The van der Waals surface area contributed by atoms with Crippen LogP contribution in [0.3, 0.4) is 0 Å². The number of hydrogen-bond acceptors (Lipinski definition) is 7. The Bertz CT molecular complexity index is 729. The van der Waals surface area contributed by atoms with Crippen LogP contribution in [0.15, 0.2) is 16.9 Å². The number of thiazole rings is 1. The molecule has 0 aliphatic rings. The lowest BCUT2D eigenvalue weighted by Crippen LogP contribution is -2.15. The lowest BCUT2D eigenvalue weighted by molar-refractivity contribution is 0.184. The second-order valence-electron chi connectivity index (χ2n) is 5.95. The van der Waals surface area contributed by atoms with Gasteiger partial charge in [-0.2, -0.15) is 0 Å². The van der Waals surface area contributed by atoms with Crippen LogP contribution in [0.4, 0.5) is 0 Å². The molecule has 2 rings (SSSR count). The van der Waals surface area contributed by atoms with Crippen molar-refractivity contribution in [2.45, 2.75) is 43.6 Å². The minimum Gasteiger partial charge on any atom is -0.383 e. The highest BCUT2D eigenvalue weighted by Gasteiger charge is 2.25. The van der Waals surface area contributed by atoms with Gasteiger partial charge in [0.25, 0.3) is 0 Å². The monoisotopic (exact) mass is 344 g/mol. The topological polar surface area (TPSA) is 87.0 Å². The van der Waals surface area contributed by atoms with Gasteiger partial charge in [-0.1, -0.05) is 20.8 Å². The predicted octanol–water partition coefficient (Wildman–Crippen LogP) is 1.65. The smallest absolute Gasteiger partial charge is 0.249 e. The Labute approximate surface area is 134 Å². The summed E-state index contributed by atoms with van der Waals surface area (Å²) in [4.78, 5) is 4.43. The van der Waals surface area contributed by atoms with Crippen LogP contribution in [0.25, 0.3) is 0 Å². The van der Waals surface area contributed by atoms with Gasteiger partial charge in [-0.25, -0.2) is 13.4 Å². The average molecular weight is 344 g/mol. The van der Waals surface area contributed by atoms with Crippen molar-refractivity contribution in [3.63, 3.8) is 0 Å². The fourth-order valence-corrected chi connectivity index (χ4v) is 4.15. The van der Waals surface area contributed by atoms with Gasteiger partial charge in [0.15, 0.2) is 0 Å². The van der Waals surface area contributed by atoms with E-state index < -0.39 is 9.84 Å². The first-order chi connectivity index (χ1) is 10.2. The standard InChI is InChI=1S/C13H20N4O3S2/c1-13(2,3)11-15-10(7-21-11)8-22(18,19)12-16-14-9-17(12)5-6-20-4/h7,9H,5-6,8H2,1-4H3. The minimum atomic E-state index is -3.59. The molecular weight excluding hydrogens is 324 g/mol. The molecule has 0 fully saturated rings. The van der Waals surface area contributed by atoms with Gasteiger partial charge in [0, 0.05) is 24.4 Å². The van der Waals surface area contributed by atoms with Crippen LogP contribution in [0.1, 0.15) is 31.5 Å². The molecule has 2 aromatic heterocycles. The molecule has 9 heteroatoms. The first kappa shape index (κ1) is 17.0. The highest BCUT2D eigenvalue weighted by molar-refractivity contribution is 7.90. The SMILES string of the molecule is COCCn1cnnc1S(=O)(=O)Cc1csc(C(C)(C)C)n1. The first-order valence-electron chi connectivity index (χ1n) is 6.78. The largest absolute Gasteiger partial charge is 0.383 e. The highest BCUT2D eigenvalue weighted by atomic mass is 32.2. The van der Waals surface area contributed by atoms with E-state index in [2.05, 4.69) is 15.2 Å². The van der Waals surface area contributed by atoms with E-state index in [4.69, 9.17) is 4.74 Å². The molecule has 0 N–H and O–H groups in total. The Balaban J connectivity index is 2.21. The Morgan fingerprint density at radius 3 is 2.68 bits per heavy atom. The van der Waals surface area contributed by atoms with E-state index in [0.29, 0.717) is 18.8 Å². The average Bonchev–Trinajstić information content (AvgIpc) is 3.03. The zero-order chi connectivity index (χ0) is 16.4. The van der Waals surface area contributed by atoms with Crippen molar-refractivity contribution in [3.8, 4) is 0 Å². The molecule has 7 nitrogen and oxygen atoms in total. The van der Waals surface area contributed by atoms with E-state index in [1.165, 1.54) is 22.2 Å². The van der Waals surface area contributed by atoms with Crippen LogP contribution in [0.5, 0.6) is 0 Å². The summed E-state index contributed by atoms with van der Waals surface area (Å²) in [7, 11) is -2.03. The molecule has 0 aliphatic heterocycles. The minimum absolute atomic E-state index is 0.0464. The van der Waals surface area contributed by atoms with Crippen LogP contribution in [0.2, 0.25) is 0 Å². The summed E-state index contributed by atoms with van der Waals surface area (Å²) in [6, 6.07) is 0. The predicted molar refractivity (Wildman–Crippen MR) is 83.6 cm³/mol. The van der Waals surface area contributed by atoms with E-state index in [9.17, 15) is 8.42 Å². The van der Waals surface area contributed by atoms with Crippen molar-refractivity contribution < 1.29 is 13.2 Å². The third-order valence-electron chi connectivity index (χ3n) is 2.93. The Kier molecular flexibility index (Phi) is 4.98. The molecule has 0 atom stereocenters. The van der Waals surface area contributed by atoms with Gasteiger partial charge >= 0.3 is 0 Å². The van der Waals surface area contributed by atoms with Crippen LogP contribution < -0.4 is 0 Å². The normalized spacial score (nSPS) is 12.7. The van der Waals surface area contributed by atoms with Gasteiger partial charge in [-0.15, -0.1) is 21.5 Å². The van der Waals surface area contributed by atoms with Crippen molar-refractivity contribution in [2.24, 2.45) is 0 Å². The second-order valence-corrected chi connectivity index (χ2v) is 8.69. The van der Waals surface area contributed by atoms with Gasteiger partial charge in [0.05, 0.1) is 17.3 Å². The van der Waals surface area contributed by atoms with Gasteiger partial charge in [-0.3, -0.25) is 0 Å². The van der Waals surface area contributed by atoms with Gasteiger partial charge in [-0.05, 0) is 0 Å². The molecule has 0 saturated carbocycles. The van der Waals surface area contributed by atoms with Crippen molar-refractivity contribution in [3.05, 3.63) is 22.4 Å². The zero-order valence-electron chi connectivity index (χ0n) is 13.1. The summed E-state index contributed by atoms with van der Waals surface area (Å²) in [5, 5.41) is 10.1. The number of hydrogen-bond donors (Lipinski definition) is 0. The highest BCUT2D eigenvalue weighted by Crippen LogP contribution is 2.26. The Hall–Kier alpha value is -1.32. The fourth-order valence-electron chi connectivity index (χ4n) is 1.81. The van der Waals surface area contributed by atoms with Gasteiger partial charge in [0.1, 0.15) is 12.1 Å². The first-order valence-corrected chi connectivity index (χ1v) is 9.31. The molecule has 0 amide bonds. The van der Waals surface area contributed by atoms with E-state index in [1.807, 2.05) is 20.8 Å². The molecule has 0 unspecified atom stereocenters. The quantitative estimate of drug-likeness (QED) is 0.792.